The summed E-state index contributed by atoms with van der Waals surface area (Å²) in [6.45, 7) is 5.40. The third-order valence-corrected chi connectivity index (χ3v) is 4.08. The van der Waals surface area contributed by atoms with Crippen molar-refractivity contribution in [3.63, 3.8) is 0 Å². The van der Waals surface area contributed by atoms with Crippen LogP contribution >= 0.6 is 0 Å². The van der Waals surface area contributed by atoms with Crippen molar-refractivity contribution in [1.82, 2.24) is 0 Å². The summed E-state index contributed by atoms with van der Waals surface area (Å²) in [7, 11) is 3.26. The first kappa shape index (κ1) is 23.1. The zero-order valence-corrected chi connectivity index (χ0v) is 16.5. The van der Waals surface area contributed by atoms with Crippen molar-refractivity contribution >= 4 is 0 Å². The highest BCUT2D eigenvalue weighted by Crippen LogP contribution is 2.16. The van der Waals surface area contributed by atoms with Gasteiger partial charge in [-0.25, -0.2) is 0 Å². The Bertz CT molecular complexity index is 289. The highest BCUT2D eigenvalue weighted by atomic mass is 16.7. The molecule has 0 unspecified atom stereocenters. The number of methoxy groups -OCH3 is 2. The predicted molar refractivity (Wildman–Crippen MR) is 99.7 cm³/mol. The van der Waals surface area contributed by atoms with E-state index in [1.807, 2.05) is 0 Å². The molecular weight excluding hydrogens is 304 g/mol. The zero-order chi connectivity index (χ0) is 17.9. The molecule has 0 saturated heterocycles. The van der Waals surface area contributed by atoms with E-state index in [0.717, 1.165) is 31.6 Å². The summed E-state index contributed by atoms with van der Waals surface area (Å²) >= 11 is 0. The number of unbranched alkanes of at least 4 members (excludes halogenated alkanes) is 9. The Labute approximate surface area is 149 Å². The van der Waals surface area contributed by atoms with E-state index in [2.05, 4.69) is 13.8 Å². The summed E-state index contributed by atoms with van der Waals surface area (Å²) in [5.74, 6) is 1.21. The van der Waals surface area contributed by atoms with Crippen LogP contribution in [0.5, 0.6) is 0 Å². The highest BCUT2D eigenvalue weighted by Gasteiger charge is 2.09. The van der Waals surface area contributed by atoms with Gasteiger partial charge in [0.1, 0.15) is 0 Å². The maximum atomic E-state index is 5.56. The summed E-state index contributed by atoms with van der Waals surface area (Å²) in [5, 5.41) is 0. The molecule has 4 heteroatoms. The summed E-state index contributed by atoms with van der Waals surface area (Å²) in [4.78, 5) is 0. The van der Waals surface area contributed by atoms with Gasteiger partial charge in [0.2, 0.25) is 0 Å². The smallest absolute Gasteiger partial charge is 0.320 e. The Balaban J connectivity index is 3.67. The van der Waals surface area contributed by atoms with Crippen LogP contribution < -0.4 is 0 Å². The summed E-state index contributed by atoms with van der Waals surface area (Å²) < 4.78 is 21.7. The number of hydrogen-bond donors (Lipinski definition) is 0. The lowest BCUT2D eigenvalue weighted by atomic mass is 10.1. The van der Waals surface area contributed by atoms with Crippen molar-refractivity contribution in [3.05, 3.63) is 11.7 Å². The lowest BCUT2D eigenvalue weighted by Gasteiger charge is -2.14. The topological polar surface area (TPSA) is 36.9 Å². The van der Waals surface area contributed by atoms with Crippen molar-refractivity contribution in [2.45, 2.75) is 90.9 Å². The lowest BCUT2D eigenvalue weighted by Crippen LogP contribution is -2.07. The Morgan fingerprint density at radius 3 is 1.83 bits per heavy atom. The van der Waals surface area contributed by atoms with Crippen molar-refractivity contribution < 1.29 is 18.9 Å². The SMILES string of the molecule is CCCCCCCCCCOCOC(OC)=C(CCCCC)OC. The van der Waals surface area contributed by atoms with Crippen LogP contribution in [0.2, 0.25) is 0 Å². The molecule has 0 radical (unpaired) electrons. The van der Waals surface area contributed by atoms with Gasteiger partial charge in [-0.05, 0) is 12.8 Å². The molecule has 4 nitrogen and oxygen atoms in total. The number of rotatable bonds is 18. The molecule has 0 atom stereocenters. The fraction of sp³-hybridized carbons (Fsp3) is 0.900. The normalized spacial score (nSPS) is 12.0. The maximum Gasteiger partial charge on any atom is 0.320 e. The van der Waals surface area contributed by atoms with E-state index in [1.165, 1.54) is 57.8 Å². The molecule has 0 aliphatic carbocycles. The number of hydrogen-bond acceptors (Lipinski definition) is 4. The second kappa shape index (κ2) is 18.4. The molecular formula is C20H40O4. The van der Waals surface area contributed by atoms with Crippen molar-refractivity contribution in [3.8, 4) is 0 Å². The van der Waals surface area contributed by atoms with Gasteiger partial charge in [-0.15, -0.1) is 0 Å². The predicted octanol–water partition coefficient (Wildman–Crippen LogP) is 6.16. The molecule has 0 saturated carbocycles. The standard InChI is InChI=1S/C20H40O4/c1-5-7-9-10-11-12-13-15-17-23-18-24-20(22-4)19(21-3)16-14-8-6-2/h5-18H2,1-4H3. The first-order chi connectivity index (χ1) is 11.8. The molecule has 0 rings (SSSR count). The number of allylic oxidation sites excluding steroid dienone is 1. The second-order valence-corrected chi connectivity index (χ2v) is 6.22. The van der Waals surface area contributed by atoms with Gasteiger partial charge in [0.05, 0.1) is 20.8 Å². The Morgan fingerprint density at radius 2 is 1.25 bits per heavy atom. The van der Waals surface area contributed by atoms with E-state index < -0.39 is 0 Å². The largest absolute Gasteiger partial charge is 0.494 e. The molecule has 0 aliphatic heterocycles. The summed E-state index contributed by atoms with van der Waals surface area (Å²) in [5.41, 5.74) is 0. The van der Waals surface area contributed by atoms with E-state index in [9.17, 15) is 0 Å². The monoisotopic (exact) mass is 344 g/mol. The minimum Gasteiger partial charge on any atom is -0.494 e. The molecule has 0 N–H and O–H groups in total. The molecule has 0 amide bonds. The van der Waals surface area contributed by atoms with E-state index in [-0.39, 0.29) is 6.79 Å². The van der Waals surface area contributed by atoms with Crippen LogP contribution in [0.25, 0.3) is 0 Å². The summed E-state index contributed by atoms with van der Waals surface area (Å²) in [6, 6.07) is 0. The van der Waals surface area contributed by atoms with Crippen LogP contribution in [0.1, 0.15) is 90.9 Å². The first-order valence-electron chi connectivity index (χ1n) is 9.81. The van der Waals surface area contributed by atoms with Crippen LogP contribution in [0.15, 0.2) is 11.7 Å². The number of ether oxygens (including phenoxy) is 4. The third-order valence-electron chi connectivity index (χ3n) is 4.08. The Morgan fingerprint density at radius 1 is 0.667 bits per heavy atom. The maximum absolute atomic E-state index is 5.56. The van der Waals surface area contributed by atoms with Gasteiger partial charge in [-0.1, -0.05) is 71.6 Å². The van der Waals surface area contributed by atoms with E-state index in [4.69, 9.17) is 18.9 Å². The molecule has 0 heterocycles. The van der Waals surface area contributed by atoms with Gasteiger partial charge < -0.3 is 18.9 Å². The van der Waals surface area contributed by atoms with Gasteiger partial charge in [0.15, 0.2) is 12.6 Å². The molecule has 0 fully saturated rings. The fourth-order valence-corrected chi connectivity index (χ4v) is 2.57. The Hall–Kier alpha value is -0.900. The molecule has 144 valence electrons. The second-order valence-electron chi connectivity index (χ2n) is 6.22. The molecule has 24 heavy (non-hydrogen) atoms. The van der Waals surface area contributed by atoms with Crippen molar-refractivity contribution in [2.24, 2.45) is 0 Å². The van der Waals surface area contributed by atoms with Crippen LogP contribution in [0, 0.1) is 0 Å². The average molecular weight is 345 g/mol. The lowest BCUT2D eigenvalue weighted by molar-refractivity contribution is -0.0747. The van der Waals surface area contributed by atoms with Gasteiger partial charge in [0, 0.05) is 6.42 Å². The van der Waals surface area contributed by atoms with E-state index >= 15 is 0 Å². The van der Waals surface area contributed by atoms with E-state index in [0.29, 0.717) is 5.95 Å². The minimum absolute atomic E-state index is 0.223. The summed E-state index contributed by atoms with van der Waals surface area (Å²) in [6.07, 6.45) is 14.7. The fourth-order valence-electron chi connectivity index (χ4n) is 2.57. The average Bonchev–Trinajstić information content (AvgIpc) is 2.61. The van der Waals surface area contributed by atoms with Crippen LogP contribution in [-0.4, -0.2) is 27.6 Å². The molecule has 0 bridgehead atoms. The molecule has 0 spiro atoms. The quantitative estimate of drug-likeness (QED) is 0.169. The molecule has 0 aliphatic rings. The third kappa shape index (κ3) is 13.5. The van der Waals surface area contributed by atoms with Crippen molar-refractivity contribution in [2.75, 3.05) is 27.6 Å². The van der Waals surface area contributed by atoms with Gasteiger partial charge in [-0.3, -0.25) is 0 Å². The van der Waals surface area contributed by atoms with Crippen molar-refractivity contribution in [1.29, 1.82) is 0 Å². The first-order valence-corrected chi connectivity index (χ1v) is 9.81. The molecule has 0 aromatic carbocycles. The van der Waals surface area contributed by atoms with Gasteiger partial charge in [0.25, 0.3) is 0 Å². The Kier molecular flexibility index (Phi) is 17.7. The van der Waals surface area contributed by atoms with Crippen LogP contribution in [0.3, 0.4) is 0 Å². The van der Waals surface area contributed by atoms with Crippen LogP contribution in [-0.2, 0) is 18.9 Å². The molecule has 0 aromatic rings. The van der Waals surface area contributed by atoms with Gasteiger partial charge in [-0.2, -0.15) is 0 Å². The van der Waals surface area contributed by atoms with E-state index in [1.54, 1.807) is 14.2 Å². The zero-order valence-electron chi connectivity index (χ0n) is 16.5. The van der Waals surface area contributed by atoms with Crippen LogP contribution in [0.4, 0.5) is 0 Å². The highest BCUT2D eigenvalue weighted by molar-refractivity contribution is 4.94. The minimum atomic E-state index is 0.223. The van der Waals surface area contributed by atoms with Gasteiger partial charge >= 0.3 is 5.95 Å². The molecule has 0 aromatic heterocycles.